The molecule has 0 bridgehead atoms. The van der Waals surface area contributed by atoms with E-state index in [1.54, 1.807) is 12.1 Å². The number of nitrogens with one attached hydrogen (secondary N) is 2. The molecule has 7 nitrogen and oxygen atoms in total. The van der Waals surface area contributed by atoms with Crippen LogP contribution in [0.4, 0.5) is 0 Å². The highest BCUT2D eigenvalue weighted by molar-refractivity contribution is 7.17. The van der Waals surface area contributed by atoms with Gasteiger partial charge in [0.15, 0.2) is 0 Å². The van der Waals surface area contributed by atoms with Gasteiger partial charge in [0.25, 0.3) is 5.56 Å². The Morgan fingerprint density at radius 3 is 2.65 bits per heavy atom. The predicted octanol–water partition coefficient (Wildman–Crippen LogP) is 1.64. The van der Waals surface area contributed by atoms with Crippen molar-refractivity contribution < 1.29 is 9.59 Å². The molecule has 0 unspecified atom stereocenters. The summed E-state index contributed by atoms with van der Waals surface area (Å²) in [5.41, 5.74) is 1.29. The van der Waals surface area contributed by atoms with Crippen LogP contribution in [0.15, 0.2) is 40.8 Å². The smallest absolute Gasteiger partial charge is 0.263 e. The maximum absolute atomic E-state index is 12.8. The van der Waals surface area contributed by atoms with Crippen LogP contribution in [0, 0.1) is 0 Å². The maximum Gasteiger partial charge on any atom is 0.263 e. The van der Waals surface area contributed by atoms with E-state index >= 15 is 0 Å². The second kappa shape index (κ2) is 7.67. The molecule has 0 atom stereocenters. The fraction of sp³-hybridized carbons (Fsp3) is 0.176. The van der Waals surface area contributed by atoms with Crippen molar-refractivity contribution in [2.24, 2.45) is 0 Å². The minimum absolute atomic E-state index is 0.145. The van der Waals surface area contributed by atoms with Crippen LogP contribution < -0.4 is 16.2 Å². The lowest BCUT2D eigenvalue weighted by atomic mass is 10.1. The fourth-order valence-electron chi connectivity index (χ4n) is 2.40. The third kappa shape index (κ3) is 3.76. The molecule has 2 aromatic heterocycles. The van der Waals surface area contributed by atoms with Crippen molar-refractivity contribution >= 4 is 45.0 Å². The first-order valence-electron chi connectivity index (χ1n) is 7.69. The number of benzene rings is 1. The number of likely N-dealkylation sites (N-methyl/N-ethyl adjacent to an activating group) is 1. The Balaban J connectivity index is 1.91. The third-order valence-corrected chi connectivity index (χ3v) is 4.89. The maximum atomic E-state index is 12.8. The standard InChI is InChI=1S/C17H15ClN4O3S/c1-19-13(23)6-20-14(24)7-22-9-21-16-15(17(22)25)12(8-26-16)10-2-4-11(18)5-3-10/h2-5,8-9H,6-7H2,1H3,(H,19,23)(H,20,24). The summed E-state index contributed by atoms with van der Waals surface area (Å²) in [5, 5.41) is 7.78. The summed E-state index contributed by atoms with van der Waals surface area (Å²) in [7, 11) is 1.48. The predicted molar refractivity (Wildman–Crippen MR) is 101 cm³/mol. The number of fused-ring (bicyclic) bond motifs is 1. The molecule has 0 radical (unpaired) electrons. The Labute approximate surface area is 157 Å². The van der Waals surface area contributed by atoms with Crippen molar-refractivity contribution in [2.45, 2.75) is 6.54 Å². The van der Waals surface area contributed by atoms with Crippen molar-refractivity contribution in [3.05, 3.63) is 51.3 Å². The number of amides is 2. The second-order valence-corrected chi connectivity index (χ2v) is 6.76. The topological polar surface area (TPSA) is 93.1 Å². The summed E-state index contributed by atoms with van der Waals surface area (Å²) < 4.78 is 1.23. The number of rotatable bonds is 5. The molecule has 2 N–H and O–H groups in total. The quantitative estimate of drug-likeness (QED) is 0.692. The monoisotopic (exact) mass is 390 g/mol. The summed E-state index contributed by atoms with van der Waals surface area (Å²) in [4.78, 5) is 40.8. The Morgan fingerprint density at radius 1 is 1.23 bits per heavy atom. The van der Waals surface area contributed by atoms with Gasteiger partial charge >= 0.3 is 0 Å². The van der Waals surface area contributed by atoms with Crippen LogP contribution in [0.3, 0.4) is 0 Å². The third-order valence-electron chi connectivity index (χ3n) is 3.75. The Kier molecular flexibility index (Phi) is 5.34. The van der Waals surface area contributed by atoms with Gasteiger partial charge in [0.05, 0.1) is 18.3 Å². The van der Waals surface area contributed by atoms with Gasteiger partial charge in [-0.1, -0.05) is 23.7 Å². The van der Waals surface area contributed by atoms with Crippen molar-refractivity contribution in [3.8, 4) is 11.1 Å². The van der Waals surface area contributed by atoms with E-state index in [0.717, 1.165) is 11.1 Å². The Bertz CT molecular complexity index is 1030. The van der Waals surface area contributed by atoms with Gasteiger partial charge in [-0.3, -0.25) is 19.0 Å². The van der Waals surface area contributed by atoms with Gasteiger partial charge in [0.1, 0.15) is 11.4 Å². The van der Waals surface area contributed by atoms with Gasteiger partial charge in [0, 0.05) is 23.0 Å². The van der Waals surface area contributed by atoms with Crippen LogP contribution in [0.5, 0.6) is 0 Å². The lowest BCUT2D eigenvalue weighted by Crippen LogP contribution is -2.38. The average Bonchev–Trinajstić information content (AvgIpc) is 3.07. The van der Waals surface area contributed by atoms with E-state index in [4.69, 9.17) is 11.6 Å². The van der Waals surface area contributed by atoms with E-state index in [1.165, 1.54) is 29.3 Å². The summed E-state index contributed by atoms with van der Waals surface area (Å²) in [6.07, 6.45) is 1.34. The second-order valence-electron chi connectivity index (χ2n) is 5.46. The Hall–Kier alpha value is -2.71. The molecule has 0 saturated carbocycles. The highest BCUT2D eigenvalue weighted by atomic mass is 35.5. The highest BCUT2D eigenvalue weighted by Crippen LogP contribution is 2.31. The zero-order chi connectivity index (χ0) is 18.7. The van der Waals surface area contributed by atoms with E-state index in [1.807, 2.05) is 17.5 Å². The van der Waals surface area contributed by atoms with E-state index in [-0.39, 0.29) is 24.6 Å². The van der Waals surface area contributed by atoms with E-state index < -0.39 is 5.91 Å². The van der Waals surface area contributed by atoms with Crippen LogP contribution in [-0.4, -0.2) is 35.0 Å². The van der Waals surface area contributed by atoms with Gasteiger partial charge in [0.2, 0.25) is 11.8 Å². The Morgan fingerprint density at radius 2 is 1.96 bits per heavy atom. The zero-order valence-electron chi connectivity index (χ0n) is 13.8. The summed E-state index contributed by atoms with van der Waals surface area (Å²) >= 11 is 7.28. The molecule has 2 heterocycles. The van der Waals surface area contributed by atoms with E-state index in [9.17, 15) is 14.4 Å². The molecule has 0 fully saturated rings. The number of carbonyl (C=O) groups is 2. The fourth-order valence-corrected chi connectivity index (χ4v) is 3.43. The van der Waals surface area contributed by atoms with Crippen molar-refractivity contribution in [1.82, 2.24) is 20.2 Å². The van der Waals surface area contributed by atoms with Crippen LogP contribution in [0.25, 0.3) is 21.3 Å². The molecule has 0 aliphatic rings. The first kappa shape index (κ1) is 18.1. The first-order valence-corrected chi connectivity index (χ1v) is 8.95. The molecule has 2 amide bonds. The number of hydrogen-bond acceptors (Lipinski definition) is 5. The van der Waals surface area contributed by atoms with Gasteiger partial charge in [-0.2, -0.15) is 0 Å². The minimum Gasteiger partial charge on any atom is -0.358 e. The number of hydrogen-bond donors (Lipinski definition) is 2. The molecule has 3 aromatic rings. The number of halogens is 1. The number of nitrogens with zero attached hydrogens (tertiary/aromatic N) is 2. The van der Waals surface area contributed by atoms with Crippen molar-refractivity contribution in [2.75, 3.05) is 13.6 Å². The van der Waals surface area contributed by atoms with Crippen LogP contribution in [0.1, 0.15) is 0 Å². The lowest BCUT2D eigenvalue weighted by Gasteiger charge is -2.07. The first-order chi connectivity index (χ1) is 12.5. The van der Waals surface area contributed by atoms with E-state index in [0.29, 0.717) is 15.2 Å². The highest BCUT2D eigenvalue weighted by Gasteiger charge is 2.15. The normalized spacial score (nSPS) is 10.7. The largest absolute Gasteiger partial charge is 0.358 e. The zero-order valence-corrected chi connectivity index (χ0v) is 15.4. The molecule has 0 aliphatic heterocycles. The van der Waals surface area contributed by atoms with Crippen LogP contribution in [-0.2, 0) is 16.1 Å². The van der Waals surface area contributed by atoms with Crippen molar-refractivity contribution in [1.29, 1.82) is 0 Å². The molecule has 1 aromatic carbocycles. The molecule has 3 rings (SSSR count). The molecular formula is C17H15ClN4O3S. The van der Waals surface area contributed by atoms with Gasteiger partial charge in [-0.25, -0.2) is 4.98 Å². The SMILES string of the molecule is CNC(=O)CNC(=O)Cn1cnc2scc(-c3ccc(Cl)cc3)c2c1=O. The summed E-state index contributed by atoms with van der Waals surface area (Å²) in [5.74, 6) is -0.762. The number of aromatic nitrogens is 2. The van der Waals surface area contributed by atoms with Gasteiger partial charge in [-0.15, -0.1) is 11.3 Å². The molecular weight excluding hydrogens is 376 g/mol. The van der Waals surface area contributed by atoms with E-state index in [2.05, 4.69) is 15.6 Å². The van der Waals surface area contributed by atoms with Gasteiger partial charge < -0.3 is 10.6 Å². The van der Waals surface area contributed by atoms with Gasteiger partial charge in [-0.05, 0) is 17.7 Å². The molecule has 0 spiro atoms. The number of thiophene rings is 1. The molecule has 9 heteroatoms. The minimum atomic E-state index is -0.444. The summed E-state index contributed by atoms with van der Waals surface area (Å²) in [6.45, 7) is -0.358. The molecule has 134 valence electrons. The van der Waals surface area contributed by atoms with Crippen LogP contribution in [0.2, 0.25) is 5.02 Å². The molecule has 0 aliphatic carbocycles. The number of carbonyl (C=O) groups excluding carboxylic acids is 2. The van der Waals surface area contributed by atoms with Crippen molar-refractivity contribution in [3.63, 3.8) is 0 Å². The van der Waals surface area contributed by atoms with Crippen LogP contribution >= 0.6 is 22.9 Å². The molecule has 26 heavy (non-hydrogen) atoms. The average molecular weight is 391 g/mol. The lowest BCUT2D eigenvalue weighted by molar-refractivity contribution is -0.126. The molecule has 0 saturated heterocycles. The summed E-state index contributed by atoms with van der Waals surface area (Å²) in [6, 6.07) is 7.16.